The van der Waals surface area contributed by atoms with E-state index in [1.165, 1.54) is 44.9 Å². The van der Waals surface area contributed by atoms with Crippen molar-refractivity contribution in [1.82, 2.24) is 5.32 Å². The second kappa shape index (κ2) is 7.30. The Labute approximate surface area is 112 Å². The smallest absolute Gasteiger partial charge is 0.0792 e. The van der Waals surface area contributed by atoms with Gasteiger partial charge in [0.25, 0.3) is 0 Å². The molecule has 0 aromatic heterocycles. The van der Waals surface area contributed by atoms with Crippen LogP contribution in [0.25, 0.3) is 0 Å². The zero-order valence-corrected chi connectivity index (χ0v) is 12.1. The standard InChI is InChI=1S/C16H29NO/c1-3-11-17-15(16-13(2)10-12-18-16)14-8-6-4-5-7-9-14/h8,13,15-17H,3-7,9-12H2,1-2H3. The van der Waals surface area contributed by atoms with E-state index >= 15 is 0 Å². The molecule has 2 aliphatic rings. The van der Waals surface area contributed by atoms with Crippen molar-refractivity contribution in [3.8, 4) is 0 Å². The van der Waals surface area contributed by atoms with Gasteiger partial charge in [-0.25, -0.2) is 0 Å². The maximum Gasteiger partial charge on any atom is 0.0792 e. The summed E-state index contributed by atoms with van der Waals surface area (Å²) in [5.74, 6) is 0.698. The summed E-state index contributed by atoms with van der Waals surface area (Å²) in [4.78, 5) is 0. The molecule has 1 saturated heterocycles. The first kappa shape index (κ1) is 14.1. The van der Waals surface area contributed by atoms with Gasteiger partial charge in [0, 0.05) is 6.61 Å². The fraction of sp³-hybridized carbons (Fsp3) is 0.875. The molecule has 2 heteroatoms. The van der Waals surface area contributed by atoms with Crippen LogP contribution in [0, 0.1) is 5.92 Å². The van der Waals surface area contributed by atoms with Crippen molar-refractivity contribution in [2.75, 3.05) is 13.2 Å². The summed E-state index contributed by atoms with van der Waals surface area (Å²) in [6, 6.07) is 0.473. The Kier molecular flexibility index (Phi) is 5.71. The fourth-order valence-corrected chi connectivity index (χ4v) is 3.22. The molecule has 1 heterocycles. The van der Waals surface area contributed by atoms with E-state index in [0.717, 1.165) is 13.2 Å². The molecule has 0 spiro atoms. The summed E-state index contributed by atoms with van der Waals surface area (Å²) in [6.07, 6.45) is 12.0. The highest BCUT2D eigenvalue weighted by Gasteiger charge is 2.33. The molecule has 104 valence electrons. The van der Waals surface area contributed by atoms with E-state index in [9.17, 15) is 0 Å². The van der Waals surface area contributed by atoms with E-state index in [1.54, 1.807) is 5.57 Å². The second-order valence-corrected chi connectivity index (χ2v) is 5.91. The zero-order chi connectivity index (χ0) is 12.8. The maximum atomic E-state index is 6.02. The summed E-state index contributed by atoms with van der Waals surface area (Å²) in [5, 5.41) is 3.75. The normalized spacial score (nSPS) is 30.9. The minimum Gasteiger partial charge on any atom is -0.376 e. The predicted octanol–water partition coefficient (Wildman–Crippen LogP) is 3.67. The Morgan fingerprint density at radius 1 is 1.39 bits per heavy atom. The highest BCUT2D eigenvalue weighted by molar-refractivity contribution is 5.15. The lowest BCUT2D eigenvalue weighted by Crippen LogP contribution is -2.44. The van der Waals surface area contributed by atoms with Crippen molar-refractivity contribution < 1.29 is 4.74 Å². The van der Waals surface area contributed by atoms with Crippen LogP contribution in [0.15, 0.2) is 11.6 Å². The van der Waals surface area contributed by atoms with Crippen molar-refractivity contribution in [2.45, 2.75) is 70.9 Å². The number of ether oxygens (including phenoxy) is 1. The van der Waals surface area contributed by atoms with E-state index in [-0.39, 0.29) is 0 Å². The molecule has 0 aromatic rings. The highest BCUT2D eigenvalue weighted by Crippen LogP contribution is 2.30. The van der Waals surface area contributed by atoms with Crippen LogP contribution in [-0.4, -0.2) is 25.3 Å². The highest BCUT2D eigenvalue weighted by atomic mass is 16.5. The topological polar surface area (TPSA) is 21.3 Å². The first-order chi connectivity index (χ1) is 8.83. The van der Waals surface area contributed by atoms with Crippen LogP contribution in [-0.2, 0) is 4.74 Å². The lowest BCUT2D eigenvalue weighted by atomic mass is 9.90. The van der Waals surface area contributed by atoms with Crippen LogP contribution in [0.4, 0.5) is 0 Å². The van der Waals surface area contributed by atoms with E-state index in [2.05, 4.69) is 25.2 Å². The zero-order valence-electron chi connectivity index (χ0n) is 12.1. The monoisotopic (exact) mass is 251 g/mol. The molecule has 2 nitrogen and oxygen atoms in total. The summed E-state index contributed by atoms with van der Waals surface area (Å²) < 4.78 is 6.02. The lowest BCUT2D eigenvalue weighted by molar-refractivity contribution is 0.0702. The molecular weight excluding hydrogens is 222 g/mol. The number of hydrogen-bond acceptors (Lipinski definition) is 2. The Bertz CT molecular complexity index is 274. The summed E-state index contributed by atoms with van der Waals surface area (Å²) >= 11 is 0. The van der Waals surface area contributed by atoms with Gasteiger partial charge in [-0.3, -0.25) is 0 Å². The molecule has 1 aliphatic heterocycles. The molecule has 0 amide bonds. The Balaban J connectivity index is 2.05. The number of allylic oxidation sites excluding steroid dienone is 1. The Hall–Kier alpha value is -0.340. The van der Waals surface area contributed by atoms with Crippen molar-refractivity contribution in [1.29, 1.82) is 0 Å². The van der Waals surface area contributed by atoms with Crippen molar-refractivity contribution in [2.24, 2.45) is 5.92 Å². The minimum atomic E-state index is 0.404. The molecule has 1 N–H and O–H groups in total. The van der Waals surface area contributed by atoms with E-state index in [0.29, 0.717) is 18.1 Å². The van der Waals surface area contributed by atoms with Crippen molar-refractivity contribution >= 4 is 0 Å². The Morgan fingerprint density at radius 2 is 2.28 bits per heavy atom. The van der Waals surface area contributed by atoms with E-state index < -0.39 is 0 Å². The first-order valence-electron chi connectivity index (χ1n) is 7.87. The SMILES string of the molecule is CCCNC(C1=CCCCCC1)C1OCCC1C. The molecule has 3 unspecified atom stereocenters. The average molecular weight is 251 g/mol. The van der Waals surface area contributed by atoms with Crippen LogP contribution in [0.1, 0.15) is 58.8 Å². The third-order valence-electron chi connectivity index (χ3n) is 4.36. The van der Waals surface area contributed by atoms with Crippen LogP contribution in [0.2, 0.25) is 0 Å². The van der Waals surface area contributed by atoms with Crippen LogP contribution in [0.5, 0.6) is 0 Å². The fourth-order valence-electron chi connectivity index (χ4n) is 3.22. The van der Waals surface area contributed by atoms with Gasteiger partial charge >= 0.3 is 0 Å². The van der Waals surface area contributed by atoms with Crippen molar-refractivity contribution in [3.63, 3.8) is 0 Å². The summed E-state index contributed by atoms with van der Waals surface area (Å²) in [6.45, 7) is 6.64. The molecule has 1 fully saturated rings. The Morgan fingerprint density at radius 3 is 3.00 bits per heavy atom. The molecule has 0 saturated carbocycles. The number of hydrogen-bond donors (Lipinski definition) is 1. The minimum absolute atomic E-state index is 0.404. The summed E-state index contributed by atoms with van der Waals surface area (Å²) in [5.41, 5.74) is 1.62. The van der Waals surface area contributed by atoms with Crippen LogP contribution >= 0.6 is 0 Å². The third kappa shape index (κ3) is 3.58. The third-order valence-corrected chi connectivity index (χ3v) is 4.36. The van der Waals surface area contributed by atoms with Gasteiger partial charge in [0.2, 0.25) is 0 Å². The van der Waals surface area contributed by atoms with Gasteiger partial charge in [0.1, 0.15) is 0 Å². The molecule has 2 rings (SSSR count). The largest absolute Gasteiger partial charge is 0.376 e. The molecule has 0 aromatic carbocycles. The molecule has 1 aliphatic carbocycles. The summed E-state index contributed by atoms with van der Waals surface area (Å²) in [7, 11) is 0. The predicted molar refractivity (Wildman–Crippen MR) is 76.8 cm³/mol. The van der Waals surface area contributed by atoms with Gasteiger partial charge in [-0.2, -0.15) is 0 Å². The van der Waals surface area contributed by atoms with Gasteiger partial charge in [0.15, 0.2) is 0 Å². The second-order valence-electron chi connectivity index (χ2n) is 5.91. The van der Waals surface area contributed by atoms with Crippen LogP contribution in [0.3, 0.4) is 0 Å². The number of nitrogens with one attached hydrogen (secondary N) is 1. The van der Waals surface area contributed by atoms with E-state index in [4.69, 9.17) is 4.74 Å². The number of rotatable bonds is 5. The average Bonchev–Trinajstić information content (AvgIpc) is 2.65. The van der Waals surface area contributed by atoms with Crippen LogP contribution < -0.4 is 5.32 Å². The molecular formula is C16H29NO. The maximum absolute atomic E-state index is 6.02. The first-order valence-corrected chi connectivity index (χ1v) is 7.87. The van der Waals surface area contributed by atoms with Gasteiger partial charge in [0.05, 0.1) is 12.1 Å². The van der Waals surface area contributed by atoms with E-state index in [1.807, 2.05) is 0 Å². The molecule has 0 radical (unpaired) electrons. The van der Waals surface area contributed by atoms with Gasteiger partial charge in [-0.05, 0) is 51.0 Å². The van der Waals surface area contributed by atoms with Gasteiger partial charge < -0.3 is 10.1 Å². The molecule has 0 bridgehead atoms. The van der Waals surface area contributed by atoms with Gasteiger partial charge in [-0.1, -0.05) is 31.9 Å². The quantitative estimate of drug-likeness (QED) is 0.753. The molecule has 18 heavy (non-hydrogen) atoms. The molecule has 3 atom stereocenters. The lowest BCUT2D eigenvalue weighted by Gasteiger charge is -2.29. The van der Waals surface area contributed by atoms with Crippen molar-refractivity contribution in [3.05, 3.63) is 11.6 Å². The van der Waals surface area contributed by atoms with Gasteiger partial charge in [-0.15, -0.1) is 0 Å².